The van der Waals surface area contributed by atoms with Crippen LogP contribution in [-0.2, 0) is 4.74 Å². The molecule has 0 spiro atoms. The van der Waals surface area contributed by atoms with Crippen LogP contribution in [-0.4, -0.2) is 36.0 Å². The average molecular weight is 183 g/mol. The zero-order valence-electron chi connectivity index (χ0n) is 8.21. The molecule has 2 bridgehead atoms. The minimum atomic E-state index is -0.263. The Hall–Kier alpha value is -0.380. The van der Waals surface area contributed by atoms with Crippen molar-refractivity contribution in [3.63, 3.8) is 0 Å². The van der Waals surface area contributed by atoms with E-state index in [0.717, 1.165) is 13.0 Å². The Bertz CT molecular complexity index is 241. The fraction of sp³-hybridized carbons (Fsp3) is 0.800. The van der Waals surface area contributed by atoms with E-state index in [4.69, 9.17) is 4.74 Å². The lowest BCUT2D eigenvalue weighted by Gasteiger charge is -2.41. The van der Waals surface area contributed by atoms with Gasteiger partial charge in [-0.1, -0.05) is 12.2 Å². The topological polar surface area (TPSA) is 41.5 Å². The minimum absolute atomic E-state index is 0.234. The molecule has 0 aromatic carbocycles. The summed E-state index contributed by atoms with van der Waals surface area (Å²) in [6.45, 7) is 2.80. The molecule has 2 rings (SSSR count). The highest BCUT2D eigenvalue weighted by Crippen LogP contribution is 2.42. The second-order valence-electron chi connectivity index (χ2n) is 4.41. The molecule has 2 N–H and O–H groups in total. The highest BCUT2D eigenvalue weighted by Gasteiger charge is 2.48. The van der Waals surface area contributed by atoms with E-state index in [2.05, 4.69) is 17.5 Å². The van der Waals surface area contributed by atoms with Gasteiger partial charge in [-0.25, -0.2) is 0 Å². The van der Waals surface area contributed by atoms with Crippen LogP contribution in [0.2, 0.25) is 0 Å². The Balaban J connectivity index is 2.19. The van der Waals surface area contributed by atoms with Crippen LogP contribution in [0.3, 0.4) is 0 Å². The van der Waals surface area contributed by atoms with E-state index < -0.39 is 0 Å². The molecule has 1 saturated heterocycles. The van der Waals surface area contributed by atoms with Gasteiger partial charge in [-0.15, -0.1) is 0 Å². The molecule has 0 aromatic heterocycles. The Labute approximate surface area is 78.8 Å². The van der Waals surface area contributed by atoms with Gasteiger partial charge in [0.25, 0.3) is 0 Å². The number of likely N-dealkylation sites (N-methyl/N-ethyl adjacent to an activating group) is 1. The van der Waals surface area contributed by atoms with Gasteiger partial charge < -0.3 is 15.2 Å². The highest BCUT2D eigenvalue weighted by molar-refractivity contribution is 5.21. The molecule has 2 heterocycles. The summed E-state index contributed by atoms with van der Waals surface area (Å²) >= 11 is 0. The first kappa shape index (κ1) is 9.19. The average Bonchev–Trinajstić information content (AvgIpc) is 2.22. The lowest BCUT2D eigenvalue weighted by molar-refractivity contribution is -0.148. The molecule has 0 radical (unpaired) electrons. The van der Waals surface area contributed by atoms with Crippen molar-refractivity contribution < 1.29 is 9.84 Å². The maximum atomic E-state index is 9.70. The molecule has 0 aliphatic carbocycles. The van der Waals surface area contributed by atoms with E-state index in [1.807, 2.05) is 14.0 Å². The lowest BCUT2D eigenvalue weighted by Crippen LogP contribution is -2.50. The van der Waals surface area contributed by atoms with Crippen LogP contribution in [0.15, 0.2) is 12.2 Å². The monoisotopic (exact) mass is 183 g/mol. The van der Waals surface area contributed by atoms with E-state index in [-0.39, 0.29) is 17.3 Å². The van der Waals surface area contributed by atoms with Crippen LogP contribution in [0.5, 0.6) is 0 Å². The molecule has 3 unspecified atom stereocenters. The van der Waals surface area contributed by atoms with Gasteiger partial charge in [-0.3, -0.25) is 0 Å². The number of hydrogen-bond donors (Lipinski definition) is 2. The molecule has 3 atom stereocenters. The number of nitrogens with one attached hydrogen (secondary N) is 1. The number of aliphatic hydroxyl groups is 1. The van der Waals surface area contributed by atoms with Crippen molar-refractivity contribution in [3.8, 4) is 0 Å². The quantitative estimate of drug-likeness (QED) is 0.611. The summed E-state index contributed by atoms with van der Waals surface area (Å²) in [5, 5.41) is 12.8. The first-order chi connectivity index (χ1) is 6.08. The summed E-state index contributed by atoms with van der Waals surface area (Å²) in [7, 11) is 1.91. The maximum Gasteiger partial charge on any atom is 0.102 e. The van der Waals surface area contributed by atoms with Crippen molar-refractivity contribution in [2.75, 3.05) is 13.6 Å². The lowest BCUT2D eigenvalue weighted by atomic mass is 9.90. The van der Waals surface area contributed by atoms with Gasteiger partial charge in [0.2, 0.25) is 0 Å². The first-order valence-corrected chi connectivity index (χ1v) is 4.81. The zero-order valence-corrected chi connectivity index (χ0v) is 8.21. The molecule has 2 aliphatic heterocycles. The van der Waals surface area contributed by atoms with E-state index in [1.54, 1.807) is 0 Å². The fourth-order valence-corrected chi connectivity index (χ4v) is 2.49. The first-order valence-electron chi connectivity index (χ1n) is 4.81. The zero-order chi connectivity index (χ0) is 9.53. The van der Waals surface area contributed by atoms with Gasteiger partial charge in [0.1, 0.15) is 5.60 Å². The van der Waals surface area contributed by atoms with Crippen LogP contribution in [0.25, 0.3) is 0 Å². The van der Waals surface area contributed by atoms with Gasteiger partial charge in [0.15, 0.2) is 0 Å². The maximum absolute atomic E-state index is 9.70. The second kappa shape index (κ2) is 2.80. The number of rotatable bonds is 2. The van der Waals surface area contributed by atoms with Gasteiger partial charge in [-0.2, -0.15) is 0 Å². The summed E-state index contributed by atoms with van der Waals surface area (Å²) in [6.07, 6.45) is 5.37. The number of ether oxygens (including phenoxy) is 1. The smallest absolute Gasteiger partial charge is 0.102 e. The summed E-state index contributed by atoms with van der Waals surface area (Å²) < 4.78 is 5.95. The van der Waals surface area contributed by atoms with Gasteiger partial charge in [0.05, 0.1) is 11.7 Å². The van der Waals surface area contributed by atoms with Crippen LogP contribution in [0.1, 0.15) is 19.8 Å². The van der Waals surface area contributed by atoms with Crippen molar-refractivity contribution in [2.24, 2.45) is 0 Å². The summed E-state index contributed by atoms with van der Waals surface area (Å²) in [5.41, 5.74) is -0.504. The van der Waals surface area contributed by atoms with Crippen molar-refractivity contribution in [1.82, 2.24) is 5.32 Å². The third-order valence-electron chi connectivity index (χ3n) is 2.87. The summed E-state index contributed by atoms with van der Waals surface area (Å²) in [4.78, 5) is 0. The van der Waals surface area contributed by atoms with Gasteiger partial charge >= 0.3 is 0 Å². The van der Waals surface area contributed by atoms with Crippen molar-refractivity contribution in [2.45, 2.75) is 37.1 Å². The van der Waals surface area contributed by atoms with Crippen molar-refractivity contribution in [3.05, 3.63) is 12.2 Å². The van der Waals surface area contributed by atoms with E-state index >= 15 is 0 Å². The normalized spacial score (nSPS) is 48.4. The molecule has 13 heavy (non-hydrogen) atoms. The highest BCUT2D eigenvalue weighted by atomic mass is 16.5. The van der Waals surface area contributed by atoms with Crippen LogP contribution in [0, 0.1) is 0 Å². The minimum Gasteiger partial charge on any atom is -0.393 e. The SMILES string of the molecule is CNCC12C=CC(C)(CC(O)C1)O2. The van der Waals surface area contributed by atoms with Gasteiger partial charge in [0, 0.05) is 19.4 Å². The Morgan fingerprint density at radius 3 is 3.00 bits per heavy atom. The third-order valence-corrected chi connectivity index (χ3v) is 2.87. The molecule has 0 aromatic rings. The molecule has 74 valence electrons. The predicted octanol–water partition coefficient (Wildman–Crippen LogP) is 0.444. The number of hydrogen-bond acceptors (Lipinski definition) is 3. The number of aliphatic hydroxyl groups excluding tert-OH is 1. The van der Waals surface area contributed by atoms with E-state index in [1.165, 1.54) is 0 Å². The van der Waals surface area contributed by atoms with E-state index in [9.17, 15) is 5.11 Å². The van der Waals surface area contributed by atoms with E-state index in [0.29, 0.717) is 6.42 Å². The molecular weight excluding hydrogens is 166 g/mol. The number of fused-ring (bicyclic) bond motifs is 2. The van der Waals surface area contributed by atoms with Crippen LogP contribution < -0.4 is 5.32 Å². The Morgan fingerprint density at radius 1 is 1.54 bits per heavy atom. The van der Waals surface area contributed by atoms with Crippen LogP contribution in [0.4, 0.5) is 0 Å². The largest absolute Gasteiger partial charge is 0.393 e. The molecule has 0 amide bonds. The molecule has 1 fully saturated rings. The summed E-state index contributed by atoms with van der Waals surface area (Å²) in [6, 6.07) is 0. The Kier molecular flexibility index (Phi) is 1.98. The molecule has 3 nitrogen and oxygen atoms in total. The second-order valence-corrected chi connectivity index (χ2v) is 4.41. The Morgan fingerprint density at radius 2 is 2.31 bits per heavy atom. The molecular formula is C10H17NO2. The van der Waals surface area contributed by atoms with Crippen LogP contribution >= 0.6 is 0 Å². The molecule has 2 aliphatic rings. The standard InChI is InChI=1S/C10H17NO2/c1-9-3-4-10(13-9,7-11-2)6-8(12)5-9/h3-4,8,11-12H,5-7H2,1-2H3. The summed E-state index contributed by atoms with van der Waals surface area (Å²) in [5.74, 6) is 0. The molecule has 0 saturated carbocycles. The molecule has 3 heteroatoms. The predicted molar refractivity (Wildman–Crippen MR) is 50.5 cm³/mol. The van der Waals surface area contributed by atoms with Crippen molar-refractivity contribution in [1.29, 1.82) is 0 Å². The third kappa shape index (κ3) is 1.52. The fourth-order valence-electron chi connectivity index (χ4n) is 2.49. The van der Waals surface area contributed by atoms with Crippen molar-refractivity contribution >= 4 is 0 Å². The van der Waals surface area contributed by atoms with Gasteiger partial charge in [-0.05, 0) is 14.0 Å².